The lowest BCUT2D eigenvalue weighted by atomic mass is 10.0. The molecule has 0 saturated heterocycles. The molecular formula is C18H19F2NO4S. The van der Waals surface area contributed by atoms with Crippen LogP contribution in [0.4, 0.5) is 8.78 Å². The summed E-state index contributed by atoms with van der Waals surface area (Å²) in [5, 5.41) is 0. The minimum Gasteiger partial charge on any atom is -0.494 e. The normalized spacial score (nSPS) is 16.7. The third-order valence-corrected chi connectivity index (χ3v) is 5.36. The zero-order valence-electron chi connectivity index (χ0n) is 14.2. The summed E-state index contributed by atoms with van der Waals surface area (Å²) in [5.41, 5.74) is 0.162. The molecule has 0 radical (unpaired) electrons. The smallest absolute Gasteiger partial charge is 0.216 e. The average Bonchev–Trinajstić information content (AvgIpc) is 2.59. The molecule has 140 valence electrons. The summed E-state index contributed by atoms with van der Waals surface area (Å²) < 4.78 is 66.0. The minimum atomic E-state index is -3.97. The van der Waals surface area contributed by atoms with Crippen LogP contribution < -0.4 is 14.2 Å². The van der Waals surface area contributed by atoms with E-state index in [-0.39, 0.29) is 0 Å². The highest BCUT2D eigenvalue weighted by Gasteiger charge is 2.28. The van der Waals surface area contributed by atoms with E-state index in [0.29, 0.717) is 36.7 Å². The lowest BCUT2D eigenvalue weighted by molar-refractivity contribution is 0.261. The second-order valence-electron chi connectivity index (χ2n) is 5.90. The molecule has 1 aliphatic rings. The Morgan fingerprint density at radius 2 is 1.96 bits per heavy atom. The van der Waals surface area contributed by atoms with Gasteiger partial charge in [0.25, 0.3) is 0 Å². The predicted molar refractivity (Wildman–Crippen MR) is 92.6 cm³/mol. The van der Waals surface area contributed by atoms with Gasteiger partial charge in [0, 0.05) is 17.5 Å². The maximum Gasteiger partial charge on any atom is 0.216 e. The quantitative estimate of drug-likeness (QED) is 0.831. The van der Waals surface area contributed by atoms with Gasteiger partial charge in [-0.05, 0) is 37.3 Å². The first-order valence-corrected chi connectivity index (χ1v) is 9.87. The van der Waals surface area contributed by atoms with Gasteiger partial charge in [-0.25, -0.2) is 21.9 Å². The average molecular weight is 383 g/mol. The molecule has 0 spiro atoms. The Balaban J connectivity index is 1.84. The van der Waals surface area contributed by atoms with Gasteiger partial charge in [-0.2, -0.15) is 0 Å². The number of halogens is 2. The number of benzene rings is 2. The van der Waals surface area contributed by atoms with E-state index >= 15 is 0 Å². The van der Waals surface area contributed by atoms with E-state index in [2.05, 4.69) is 4.72 Å². The van der Waals surface area contributed by atoms with Crippen molar-refractivity contribution < 1.29 is 26.7 Å². The Labute approximate surface area is 151 Å². The van der Waals surface area contributed by atoms with E-state index in [4.69, 9.17) is 9.47 Å². The van der Waals surface area contributed by atoms with Crippen molar-refractivity contribution >= 4 is 10.0 Å². The van der Waals surface area contributed by atoms with Crippen molar-refractivity contribution in [3.8, 4) is 11.5 Å². The van der Waals surface area contributed by atoms with Gasteiger partial charge in [0.1, 0.15) is 23.1 Å². The van der Waals surface area contributed by atoms with Gasteiger partial charge >= 0.3 is 0 Å². The number of rotatable bonds is 6. The second kappa shape index (κ2) is 7.59. The molecule has 0 aromatic heterocycles. The number of hydrogen-bond donors (Lipinski definition) is 1. The van der Waals surface area contributed by atoms with Crippen LogP contribution in [0.3, 0.4) is 0 Å². The van der Waals surface area contributed by atoms with Crippen LogP contribution in [-0.2, 0) is 15.8 Å². The van der Waals surface area contributed by atoms with Crippen LogP contribution in [0.1, 0.15) is 30.5 Å². The summed E-state index contributed by atoms with van der Waals surface area (Å²) in [6.45, 7) is 2.66. The minimum absolute atomic E-state index is 0.336. The highest BCUT2D eigenvalue weighted by atomic mass is 32.2. The molecule has 0 saturated carbocycles. The summed E-state index contributed by atoms with van der Waals surface area (Å²) in [6, 6.07) is 7.88. The first-order valence-electron chi connectivity index (χ1n) is 8.22. The van der Waals surface area contributed by atoms with Crippen molar-refractivity contribution in [3.63, 3.8) is 0 Å². The van der Waals surface area contributed by atoms with E-state index in [9.17, 15) is 17.2 Å². The maximum absolute atomic E-state index is 13.8. The molecule has 3 rings (SSSR count). The van der Waals surface area contributed by atoms with Crippen LogP contribution in [0.25, 0.3) is 0 Å². The molecule has 1 aliphatic heterocycles. The van der Waals surface area contributed by atoms with Crippen LogP contribution in [0, 0.1) is 11.6 Å². The topological polar surface area (TPSA) is 64.6 Å². The molecule has 0 bridgehead atoms. The van der Waals surface area contributed by atoms with Crippen LogP contribution in [0.5, 0.6) is 11.5 Å². The first kappa shape index (κ1) is 18.6. The Bertz CT molecular complexity index is 882. The number of ether oxygens (including phenoxy) is 2. The summed E-state index contributed by atoms with van der Waals surface area (Å²) in [7, 11) is -3.97. The molecule has 0 fully saturated rings. The summed E-state index contributed by atoms with van der Waals surface area (Å²) >= 11 is 0. The van der Waals surface area contributed by atoms with E-state index < -0.39 is 39.0 Å². The fourth-order valence-corrected chi connectivity index (χ4v) is 4.29. The number of fused-ring (bicyclic) bond motifs is 1. The second-order valence-corrected chi connectivity index (χ2v) is 7.65. The fraction of sp³-hybridized carbons (Fsp3) is 0.333. The zero-order valence-corrected chi connectivity index (χ0v) is 15.0. The van der Waals surface area contributed by atoms with Crippen molar-refractivity contribution in [3.05, 3.63) is 59.2 Å². The third-order valence-electron chi connectivity index (χ3n) is 4.05. The van der Waals surface area contributed by atoms with Gasteiger partial charge in [-0.15, -0.1) is 0 Å². The molecule has 2 aromatic rings. The van der Waals surface area contributed by atoms with Crippen LogP contribution >= 0.6 is 0 Å². The van der Waals surface area contributed by atoms with Gasteiger partial charge in [0.15, 0.2) is 0 Å². The largest absolute Gasteiger partial charge is 0.494 e. The molecule has 5 nitrogen and oxygen atoms in total. The van der Waals surface area contributed by atoms with Crippen molar-refractivity contribution in [2.75, 3.05) is 13.2 Å². The van der Waals surface area contributed by atoms with Crippen LogP contribution in [0.15, 0.2) is 36.4 Å². The Morgan fingerprint density at radius 3 is 2.65 bits per heavy atom. The summed E-state index contributed by atoms with van der Waals surface area (Å²) in [4.78, 5) is 0. The molecule has 26 heavy (non-hydrogen) atoms. The monoisotopic (exact) mass is 383 g/mol. The third kappa shape index (κ3) is 4.13. The van der Waals surface area contributed by atoms with E-state index in [1.165, 1.54) is 6.07 Å². The molecule has 8 heteroatoms. The molecule has 1 N–H and O–H groups in total. The first-order chi connectivity index (χ1) is 12.4. The SMILES string of the molecule is CCOc1ccc2c(c1)C(NS(=O)(=O)Cc1c(F)cccc1F)CCO2. The van der Waals surface area contributed by atoms with Gasteiger partial charge < -0.3 is 9.47 Å². The molecule has 2 aromatic carbocycles. The number of hydrogen-bond acceptors (Lipinski definition) is 4. The zero-order chi connectivity index (χ0) is 18.7. The summed E-state index contributed by atoms with van der Waals surface area (Å²) in [6.07, 6.45) is 0.404. The lowest BCUT2D eigenvalue weighted by Gasteiger charge is -2.27. The Hall–Kier alpha value is -2.19. The molecule has 0 amide bonds. The van der Waals surface area contributed by atoms with Crippen LogP contribution in [-0.4, -0.2) is 21.6 Å². The van der Waals surface area contributed by atoms with Gasteiger partial charge in [-0.1, -0.05) is 6.07 Å². The molecule has 1 unspecified atom stereocenters. The lowest BCUT2D eigenvalue weighted by Crippen LogP contribution is -2.33. The highest BCUT2D eigenvalue weighted by Crippen LogP contribution is 2.35. The fourth-order valence-electron chi connectivity index (χ4n) is 2.87. The number of sulfonamides is 1. The van der Waals surface area contributed by atoms with Gasteiger partial charge in [0.2, 0.25) is 10.0 Å². The van der Waals surface area contributed by atoms with Gasteiger partial charge in [-0.3, -0.25) is 0 Å². The maximum atomic E-state index is 13.8. The molecule has 1 atom stereocenters. The van der Waals surface area contributed by atoms with Crippen LogP contribution in [0.2, 0.25) is 0 Å². The molecular weight excluding hydrogens is 364 g/mol. The van der Waals surface area contributed by atoms with Crippen molar-refractivity contribution in [2.24, 2.45) is 0 Å². The molecule has 0 aliphatic carbocycles. The van der Waals surface area contributed by atoms with Crippen molar-refractivity contribution in [1.29, 1.82) is 0 Å². The Morgan fingerprint density at radius 1 is 1.23 bits per heavy atom. The van der Waals surface area contributed by atoms with Crippen molar-refractivity contribution in [1.82, 2.24) is 4.72 Å². The highest BCUT2D eigenvalue weighted by molar-refractivity contribution is 7.88. The van der Waals surface area contributed by atoms with Gasteiger partial charge in [0.05, 0.1) is 25.0 Å². The Kier molecular flexibility index (Phi) is 5.43. The predicted octanol–water partition coefficient (Wildman–Crippen LogP) is 3.31. The van der Waals surface area contributed by atoms with E-state index in [0.717, 1.165) is 12.1 Å². The van der Waals surface area contributed by atoms with E-state index in [1.54, 1.807) is 18.2 Å². The van der Waals surface area contributed by atoms with E-state index in [1.807, 2.05) is 6.92 Å². The number of nitrogens with one attached hydrogen (secondary N) is 1. The summed E-state index contributed by atoms with van der Waals surface area (Å²) in [5.74, 6) is -1.39. The molecule has 1 heterocycles. The van der Waals surface area contributed by atoms with Crippen molar-refractivity contribution in [2.45, 2.75) is 25.1 Å². The standard InChI is InChI=1S/C18H19F2NO4S/c1-2-24-12-6-7-18-13(10-12)17(8-9-25-18)21-26(22,23)11-14-15(19)4-3-5-16(14)20/h3-7,10,17,21H,2,8-9,11H2,1H3.